The lowest BCUT2D eigenvalue weighted by molar-refractivity contribution is -0.118. The number of fused-ring (bicyclic) bond motifs is 1. The molecule has 118 valence electrons. The molecule has 23 heavy (non-hydrogen) atoms. The molecule has 5 heteroatoms. The second kappa shape index (κ2) is 6.20. The third-order valence-corrected chi connectivity index (χ3v) is 4.03. The Kier molecular flexibility index (Phi) is 4.10. The SMILES string of the molecule is CC(=O)N1CC(CC(=O)Nc2ccccc2F)c2ccccc21. The van der Waals surface area contributed by atoms with E-state index in [1.54, 1.807) is 17.0 Å². The van der Waals surface area contributed by atoms with Crippen molar-refractivity contribution in [2.45, 2.75) is 19.3 Å². The van der Waals surface area contributed by atoms with Crippen LogP contribution in [0.3, 0.4) is 0 Å². The zero-order chi connectivity index (χ0) is 16.4. The number of benzene rings is 2. The molecule has 2 aromatic carbocycles. The van der Waals surface area contributed by atoms with Crippen LogP contribution in [0.25, 0.3) is 0 Å². The van der Waals surface area contributed by atoms with Crippen LogP contribution >= 0.6 is 0 Å². The van der Waals surface area contributed by atoms with E-state index in [4.69, 9.17) is 0 Å². The Morgan fingerprint density at radius 1 is 1.17 bits per heavy atom. The molecule has 2 amide bonds. The van der Waals surface area contributed by atoms with E-state index >= 15 is 0 Å². The van der Waals surface area contributed by atoms with Gasteiger partial charge in [0.15, 0.2) is 0 Å². The van der Waals surface area contributed by atoms with Crippen LogP contribution in [0.15, 0.2) is 48.5 Å². The summed E-state index contributed by atoms with van der Waals surface area (Å²) in [7, 11) is 0. The van der Waals surface area contributed by atoms with Gasteiger partial charge in [0.2, 0.25) is 11.8 Å². The maximum atomic E-state index is 13.6. The zero-order valence-corrected chi connectivity index (χ0v) is 12.8. The first-order valence-corrected chi connectivity index (χ1v) is 7.47. The van der Waals surface area contributed by atoms with Gasteiger partial charge in [-0.05, 0) is 23.8 Å². The molecule has 1 heterocycles. The third-order valence-electron chi connectivity index (χ3n) is 4.03. The number of carbonyl (C=O) groups is 2. The van der Waals surface area contributed by atoms with Gasteiger partial charge in [-0.15, -0.1) is 0 Å². The molecule has 0 aromatic heterocycles. The van der Waals surface area contributed by atoms with E-state index in [9.17, 15) is 14.0 Å². The number of para-hydroxylation sites is 2. The molecule has 0 spiro atoms. The van der Waals surface area contributed by atoms with E-state index in [2.05, 4.69) is 5.32 Å². The average Bonchev–Trinajstić information content (AvgIpc) is 2.89. The molecule has 1 aliphatic rings. The Morgan fingerprint density at radius 2 is 1.87 bits per heavy atom. The number of nitrogens with zero attached hydrogens (tertiary/aromatic N) is 1. The molecule has 1 aliphatic heterocycles. The van der Waals surface area contributed by atoms with Crippen LogP contribution in [0.1, 0.15) is 24.8 Å². The van der Waals surface area contributed by atoms with Crippen molar-refractivity contribution in [3.8, 4) is 0 Å². The normalized spacial score (nSPS) is 16.1. The fourth-order valence-electron chi connectivity index (χ4n) is 2.96. The van der Waals surface area contributed by atoms with Gasteiger partial charge in [-0.1, -0.05) is 30.3 Å². The smallest absolute Gasteiger partial charge is 0.225 e. The van der Waals surface area contributed by atoms with Crippen molar-refractivity contribution >= 4 is 23.2 Å². The second-order valence-electron chi connectivity index (χ2n) is 5.62. The fourth-order valence-corrected chi connectivity index (χ4v) is 2.96. The highest BCUT2D eigenvalue weighted by Gasteiger charge is 2.31. The van der Waals surface area contributed by atoms with Crippen molar-refractivity contribution in [3.63, 3.8) is 0 Å². The van der Waals surface area contributed by atoms with E-state index in [1.165, 1.54) is 19.1 Å². The van der Waals surface area contributed by atoms with Gasteiger partial charge in [0, 0.05) is 31.5 Å². The van der Waals surface area contributed by atoms with Gasteiger partial charge in [0.05, 0.1) is 5.69 Å². The Hall–Kier alpha value is -2.69. The van der Waals surface area contributed by atoms with Crippen LogP contribution in [0.4, 0.5) is 15.8 Å². The molecule has 0 saturated heterocycles. The Morgan fingerprint density at radius 3 is 2.61 bits per heavy atom. The minimum Gasteiger partial charge on any atom is -0.324 e. The second-order valence-corrected chi connectivity index (χ2v) is 5.62. The summed E-state index contributed by atoms with van der Waals surface area (Å²) in [5.74, 6) is -0.852. The first kappa shape index (κ1) is 15.2. The lowest BCUT2D eigenvalue weighted by atomic mass is 9.97. The van der Waals surface area contributed by atoms with Crippen LogP contribution in [0.2, 0.25) is 0 Å². The molecular weight excluding hydrogens is 295 g/mol. The molecule has 2 aromatic rings. The van der Waals surface area contributed by atoms with Crippen molar-refractivity contribution < 1.29 is 14.0 Å². The number of nitrogens with one attached hydrogen (secondary N) is 1. The van der Waals surface area contributed by atoms with Crippen LogP contribution in [-0.4, -0.2) is 18.4 Å². The van der Waals surface area contributed by atoms with Gasteiger partial charge in [0.25, 0.3) is 0 Å². The molecule has 0 aliphatic carbocycles. The monoisotopic (exact) mass is 312 g/mol. The molecule has 0 saturated carbocycles. The summed E-state index contributed by atoms with van der Waals surface area (Å²) in [5, 5.41) is 2.59. The zero-order valence-electron chi connectivity index (χ0n) is 12.8. The summed E-state index contributed by atoms with van der Waals surface area (Å²) in [5.41, 5.74) is 2.00. The van der Waals surface area contributed by atoms with Crippen molar-refractivity contribution in [2.24, 2.45) is 0 Å². The highest BCUT2D eigenvalue weighted by atomic mass is 19.1. The average molecular weight is 312 g/mol. The quantitative estimate of drug-likeness (QED) is 0.945. The molecule has 1 N–H and O–H groups in total. The van der Waals surface area contributed by atoms with E-state index in [0.717, 1.165) is 11.3 Å². The Bertz CT molecular complexity index is 760. The number of hydrogen-bond acceptors (Lipinski definition) is 2. The third kappa shape index (κ3) is 3.08. The fraction of sp³-hybridized carbons (Fsp3) is 0.222. The van der Waals surface area contributed by atoms with Crippen LogP contribution in [-0.2, 0) is 9.59 Å². The molecule has 0 fully saturated rings. The highest BCUT2D eigenvalue weighted by Crippen LogP contribution is 2.38. The van der Waals surface area contributed by atoms with E-state index < -0.39 is 5.82 Å². The summed E-state index contributed by atoms with van der Waals surface area (Å²) in [4.78, 5) is 25.7. The predicted molar refractivity (Wildman–Crippen MR) is 86.9 cm³/mol. The van der Waals surface area contributed by atoms with Gasteiger partial charge in [-0.25, -0.2) is 4.39 Å². The van der Waals surface area contributed by atoms with Gasteiger partial charge >= 0.3 is 0 Å². The lowest BCUT2D eigenvalue weighted by Crippen LogP contribution is -2.28. The van der Waals surface area contributed by atoms with Gasteiger partial charge in [-0.2, -0.15) is 0 Å². The predicted octanol–water partition coefficient (Wildman–Crippen LogP) is 3.30. The molecule has 4 nitrogen and oxygen atoms in total. The number of carbonyl (C=O) groups excluding carboxylic acids is 2. The Labute approximate surface area is 133 Å². The van der Waals surface area contributed by atoms with E-state index in [0.29, 0.717) is 6.54 Å². The van der Waals surface area contributed by atoms with Crippen molar-refractivity contribution in [3.05, 3.63) is 59.9 Å². The van der Waals surface area contributed by atoms with E-state index in [-0.39, 0.29) is 29.8 Å². The molecule has 0 radical (unpaired) electrons. The summed E-state index contributed by atoms with van der Waals surface area (Å²) >= 11 is 0. The number of amides is 2. The molecule has 1 atom stereocenters. The minimum atomic E-state index is -0.460. The van der Waals surface area contributed by atoms with Crippen molar-refractivity contribution in [1.29, 1.82) is 0 Å². The van der Waals surface area contributed by atoms with Gasteiger partial charge in [-0.3, -0.25) is 9.59 Å². The number of rotatable bonds is 3. The summed E-state index contributed by atoms with van der Waals surface area (Å²) < 4.78 is 13.6. The number of hydrogen-bond donors (Lipinski definition) is 1. The maximum Gasteiger partial charge on any atom is 0.225 e. The van der Waals surface area contributed by atoms with Crippen LogP contribution < -0.4 is 10.2 Å². The summed E-state index contributed by atoms with van der Waals surface area (Å²) in [6, 6.07) is 13.6. The van der Waals surface area contributed by atoms with Crippen LogP contribution in [0, 0.1) is 5.82 Å². The Balaban J connectivity index is 1.75. The highest BCUT2D eigenvalue weighted by molar-refractivity contribution is 5.96. The maximum absolute atomic E-state index is 13.6. The standard InChI is InChI=1S/C18H17FN2O2/c1-12(22)21-11-13(14-6-2-5-9-17(14)21)10-18(23)20-16-8-4-3-7-15(16)19/h2-9,13H,10-11H2,1H3,(H,20,23). The lowest BCUT2D eigenvalue weighted by Gasteiger charge is -2.15. The first-order chi connectivity index (χ1) is 11.1. The van der Waals surface area contributed by atoms with E-state index in [1.807, 2.05) is 24.3 Å². The van der Waals surface area contributed by atoms with Crippen molar-refractivity contribution in [1.82, 2.24) is 0 Å². The van der Waals surface area contributed by atoms with Crippen LogP contribution in [0.5, 0.6) is 0 Å². The first-order valence-electron chi connectivity index (χ1n) is 7.47. The number of anilines is 2. The van der Waals surface area contributed by atoms with Gasteiger partial charge in [0.1, 0.15) is 5.82 Å². The minimum absolute atomic E-state index is 0.0468. The van der Waals surface area contributed by atoms with Crippen molar-refractivity contribution in [2.75, 3.05) is 16.8 Å². The largest absolute Gasteiger partial charge is 0.324 e. The number of halogens is 1. The molecule has 1 unspecified atom stereocenters. The summed E-state index contributed by atoms with van der Waals surface area (Å²) in [6.07, 6.45) is 0.203. The molecular formula is C18H17FN2O2. The molecule has 0 bridgehead atoms. The summed E-state index contributed by atoms with van der Waals surface area (Å²) in [6.45, 7) is 1.98. The molecule has 3 rings (SSSR count). The van der Waals surface area contributed by atoms with Gasteiger partial charge < -0.3 is 10.2 Å². The topological polar surface area (TPSA) is 49.4 Å².